The Hall–Kier alpha value is -1.92. The highest BCUT2D eigenvalue weighted by Crippen LogP contribution is 2.28. The van der Waals surface area contributed by atoms with Crippen molar-refractivity contribution in [3.05, 3.63) is 29.3 Å². The first-order valence-electron chi connectivity index (χ1n) is 5.82. The van der Waals surface area contributed by atoms with Gasteiger partial charge in [-0.25, -0.2) is 15.5 Å². The quantitative estimate of drug-likeness (QED) is 0.391. The second-order valence-electron chi connectivity index (χ2n) is 4.18. The van der Waals surface area contributed by atoms with E-state index in [2.05, 4.69) is 0 Å². The lowest BCUT2D eigenvalue weighted by atomic mass is 9.98. The molecule has 18 heavy (non-hydrogen) atoms. The lowest BCUT2D eigenvalue weighted by Gasteiger charge is -2.27. The monoisotopic (exact) mass is 248 g/mol. The molecule has 0 fully saturated rings. The Morgan fingerprint density at radius 2 is 2.17 bits per heavy atom. The lowest BCUT2D eigenvalue weighted by molar-refractivity contribution is -0.118. The Bertz CT molecular complexity index is 487. The number of hydrogen-bond acceptors (Lipinski definition) is 4. The standard InChI is InChI=1S/C12H16N4O2/c13-6-5-8-1-3-10-9(7-8)2-4-11(17)16(10)12(18)15-14/h1,3,7H,2,4-6,13-14H2,(H,15,18). The molecular weight excluding hydrogens is 232 g/mol. The number of rotatable bonds is 2. The zero-order valence-electron chi connectivity index (χ0n) is 9.98. The van der Waals surface area contributed by atoms with Crippen LogP contribution in [0.1, 0.15) is 17.5 Å². The molecule has 1 aliphatic rings. The van der Waals surface area contributed by atoms with Crippen LogP contribution in [0.5, 0.6) is 0 Å². The van der Waals surface area contributed by atoms with Crippen LogP contribution in [0.15, 0.2) is 18.2 Å². The van der Waals surface area contributed by atoms with Crippen molar-refractivity contribution >= 4 is 17.6 Å². The van der Waals surface area contributed by atoms with E-state index >= 15 is 0 Å². The third-order valence-electron chi connectivity index (χ3n) is 3.00. The minimum absolute atomic E-state index is 0.239. The number of carbonyl (C=O) groups excluding carboxylic acids is 2. The van der Waals surface area contributed by atoms with Gasteiger partial charge in [-0.05, 0) is 36.6 Å². The second-order valence-corrected chi connectivity index (χ2v) is 4.18. The number of aryl methyl sites for hydroxylation is 1. The number of benzene rings is 1. The molecule has 1 heterocycles. The van der Waals surface area contributed by atoms with E-state index in [0.29, 0.717) is 25.1 Å². The number of fused-ring (bicyclic) bond motifs is 1. The van der Waals surface area contributed by atoms with Gasteiger partial charge >= 0.3 is 6.03 Å². The normalized spacial score (nSPS) is 14.3. The van der Waals surface area contributed by atoms with Crippen LogP contribution in [-0.4, -0.2) is 18.5 Å². The first-order chi connectivity index (χ1) is 8.67. The van der Waals surface area contributed by atoms with Gasteiger partial charge in [-0.15, -0.1) is 0 Å². The summed E-state index contributed by atoms with van der Waals surface area (Å²) in [5, 5.41) is 0. The Morgan fingerprint density at radius 1 is 1.39 bits per heavy atom. The van der Waals surface area contributed by atoms with Gasteiger partial charge < -0.3 is 5.73 Å². The molecule has 0 spiro atoms. The summed E-state index contributed by atoms with van der Waals surface area (Å²) in [5.74, 6) is 4.85. The molecule has 0 aromatic heterocycles. The summed E-state index contributed by atoms with van der Waals surface area (Å²) in [6, 6.07) is 5.03. The predicted molar refractivity (Wildman–Crippen MR) is 67.7 cm³/mol. The number of nitrogens with zero attached hydrogens (tertiary/aromatic N) is 1. The number of imide groups is 1. The summed E-state index contributed by atoms with van der Waals surface area (Å²) in [5.41, 5.74) is 10.2. The minimum Gasteiger partial charge on any atom is -0.330 e. The van der Waals surface area contributed by atoms with E-state index in [0.717, 1.165) is 22.4 Å². The number of hydrogen-bond donors (Lipinski definition) is 3. The molecule has 0 aliphatic carbocycles. The molecule has 3 amide bonds. The van der Waals surface area contributed by atoms with Crippen LogP contribution < -0.4 is 21.9 Å². The van der Waals surface area contributed by atoms with E-state index in [9.17, 15) is 9.59 Å². The van der Waals surface area contributed by atoms with Gasteiger partial charge in [0, 0.05) is 6.42 Å². The van der Waals surface area contributed by atoms with Gasteiger partial charge in [0.2, 0.25) is 5.91 Å². The maximum Gasteiger partial charge on any atom is 0.342 e. The van der Waals surface area contributed by atoms with Crippen molar-refractivity contribution in [2.24, 2.45) is 11.6 Å². The van der Waals surface area contributed by atoms with Crippen LogP contribution in [0.2, 0.25) is 0 Å². The van der Waals surface area contributed by atoms with E-state index in [1.165, 1.54) is 0 Å². The molecular formula is C12H16N4O2. The first-order valence-corrected chi connectivity index (χ1v) is 5.82. The van der Waals surface area contributed by atoms with E-state index in [1.807, 2.05) is 17.6 Å². The fourth-order valence-electron chi connectivity index (χ4n) is 2.15. The Morgan fingerprint density at radius 3 is 2.83 bits per heavy atom. The number of nitrogens with one attached hydrogen (secondary N) is 1. The van der Waals surface area contributed by atoms with Crippen molar-refractivity contribution in [2.75, 3.05) is 11.4 Å². The van der Waals surface area contributed by atoms with Crippen LogP contribution in [0.4, 0.5) is 10.5 Å². The van der Waals surface area contributed by atoms with Gasteiger partial charge in [0.05, 0.1) is 5.69 Å². The average molecular weight is 248 g/mol. The SMILES string of the molecule is NCCc1ccc2c(c1)CCC(=O)N2C(=O)NN. The minimum atomic E-state index is -0.604. The molecule has 5 N–H and O–H groups in total. The molecule has 0 unspecified atom stereocenters. The number of urea groups is 1. The van der Waals surface area contributed by atoms with Crippen molar-refractivity contribution in [3.8, 4) is 0 Å². The third kappa shape index (κ3) is 2.20. The summed E-state index contributed by atoms with van der Waals surface area (Å²) >= 11 is 0. The number of hydrazine groups is 1. The predicted octanol–water partition coefficient (Wildman–Crippen LogP) is 0.0503. The average Bonchev–Trinajstić information content (AvgIpc) is 2.38. The zero-order chi connectivity index (χ0) is 13.1. The van der Waals surface area contributed by atoms with Crippen molar-refractivity contribution in [2.45, 2.75) is 19.3 Å². The molecule has 1 aromatic rings. The molecule has 96 valence electrons. The molecule has 0 saturated heterocycles. The van der Waals surface area contributed by atoms with E-state index < -0.39 is 6.03 Å². The summed E-state index contributed by atoms with van der Waals surface area (Å²) in [7, 11) is 0. The third-order valence-corrected chi connectivity index (χ3v) is 3.00. The zero-order valence-corrected chi connectivity index (χ0v) is 9.98. The Balaban J connectivity index is 2.38. The van der Waals surface area contributed by atoms with Crippen LogP contribution in [0, 0.1) is 0 Å². The fourth-order valence-corrected chi connectivity index (χ4v) is 2.15. The van der Waals surface area contributed by atoms with Gasteiger partial charge in [0.25, 0.3) is 0 Å². The maximum absolute atomic E-state index is 11.8. The summed E-state index contributed by atoms with van der Waals surface area (Å²) < 4.78 is 0. The van der Waals surface area contributed by atoms with Gasteiger partial charge in [0.1, 0.15) is 0 Å². The number of nitrogens with two attached hydrogens (primary N) is 2. The first kappa shape index (κ1) is 12.5. The molecule has 0 radical (unpaired) electrons. The van der Waals surface area contributed by atoms with Crippen molar-refractivity contribution < 1.29 is 9.59 Å². The molecule has 0 bridgehead atoms. The molecule has 2 rings (SSSR count). The molecule has 0 saturated carbocycles. The van der Waals surface area contributed by atoms with Crippen LogP contribution in [-0.2, 0) is 17.6 Å². The lowest BCUT2D eigenvalue weighted by Crippen LogP contribution is -2.48. The second kappa shape index (κ2) is 5.16. The Labute approximate surface area is 105 Å². The van der Waals surface area contributed by atoms with Gasteiger partial charge in [-0.1, -0.05) is 12.1 Å². The molecule has 1 aromatic carbocycles. The van der Waals surface area contributed by atoms with Crippen LogP contribution in [0.25, 0.3) is 0 Å². The van der Waals surface area contributed by atoms with Gasteiger partial charge in [0.15, 0.2) is 0 Å². The highest BCUT2D eigenvalue weighted by atomic mass is 16.2. The van der Waals surface area contributed by atoms with E-state index in [-0.39, 0.29) is 5.91 Å². The van der Waals surface area contributed by atoms with E-state index in [4.69, 9.17) is 11.6 Å². The van der Waals surface area contributed by atoms with Crippen molar-refractivity contribution in [3.63, 3.8) is 0 Å². The summed E-state index contributed by atoms with van der Waals surface area (Å²) in [4.78, 5) is 24.4. The van der Waals surface area contributed by atoms with E-state index in [1.54, 1.807) is 6.07 Å². The van der Waals surface area contributed by atoms with Gasteiger partial charge in [-0.3, -0.25) is 10.2 Å². The molecule has 0 atom stereocenters. The van der Waals surface area contributed by atoms with Crippen molar-refractivity contribution in [1.82, 2.24) is 5.43 Å². The highest BCUT2D eigenvalue weighted by Gasteiger charge is 2.29. The van der Waals surface area contributed by atoms with Crippen LogP contribution in [0.3, 0.4) is 0 Å². The summed E-state index contributed by atoms with van der Waals surface area (Å²) in [6.45, 7) is 0.574. The topological polar surface area (TPSA) is 101 Å². The van der Waals surface area contributed by atoms with Crippen LogP contribution >= 0.6 is 0 Å². The summed E-state index contributed by atoms with van der Waals surface area (Å²) in [6.07, 6.45) is 1.73. The molecule has 1 aliphatic heterocycles. The van der Waals surface area contributed by atoms with Crippen molar-refractivity contribution in [1.29, 1.82) is 0 Å². The highest BCUT2D eigenvalue weighted by molar-refractivity contribution is 6.15. The molecule has 6 nitrogen and oxygen atoms in total. The van der Waals surface area contributed by atoms with Gasteiger partial charge in [-0.2, -0.15) is 0 Å². The largest absolute Gasteiger partial charge is 0.342 e. The number of carbonyl (C=O) groups is 2. The number of anilines is 1. The Kier molecular flexibility index (Phi) is 3.59. The smallest absolute Gasteiger partial charge is 0.330 e. The number of amides is 3. The fraction of sp³-hybridized carbons (Fsp3) is 0.333. The maximum atomic E-state index is 11.8. The molecule has 6 heteroatoms.